The molecule has 0 aliphatic heterocycles. The second-order valence-electron chi connectivity index (χ2n) is 7.13. The maximum atomic E-state index is 11.2. The summed E-state index contributed by atoms with van der Waals surface area (Å²) in [7, 11) is -1.96. The average molecular weight is 346 g/mol. The van der Waals surface area contributed by atoms with Crippen molar-refractivity contribution in [3.8, 4) is 0 Å². The van der Waals surface area contributed by atoms with Crippen molar-refractivity contribution >= 4 is 8.03 Å². The highest BCUT2D eigenvalue weighted by Gasteiger charge is 2.26. The van der Waals surface area contributed by atoms with Gasteiger partial charge in [-0.15, -0.1) is 0 Å². The highest BCUT2D eigenvalue weighted by atomic mass is 31.1. The third-order valence-electron chi connectivity index (χ3n) is 4.83. The molecule has 0 bridgehead atoms. The van der Waals surface area contributed by atoms with Crippen molar-refractivity contribution in [1.82, 2.24) is 0 Å². The summed E-state index contributed by atoms with van der Waals surface area (Å²) in [6.45, 7) is 4.37. The van der Waals surface area contributed by atoms with Gasteiger partial charge in [0.2, 0.25) is 0 Å². The molecule has 1 N–H and O–H groups in total. The van der Waals surface area contributed by atoms with Crippen LogP contribution in [0.1, 0.15) is 123 Å². The van der Waals surface area contributed by atoms with Gasteiger partial charge in [0.25, 0.3) is 0 Å². The van der Waals surface area contributed by atoms with E-state index in [2.05, 4.69) is 13.8 Å². The summed E-state index contributed by atoms with van der Waals surface area (Å²) in [5.41, 5.74) is 0.0485. The molecule has 0 aromatic rings. The van der Waals surface area contributed by atoms with E-state index in [-0.39, 0.29) is 5.66 Å². The summed E-state index contributed by atoms with van der Waals surface area (Å²) in [4.78, 5) is 9.26. The lowest BCUT2D eigenvalue weighted by Crippen LogP contribution is -2.01. The lowest BCUT2D eigenvalue weighted by Gasteiger charge is -2.04. The molecular formula is C20H42O2P+. The molecule has 3 heteroatoms. The highest BCUT2D eigenvalue weighted by Crippen LogP contribution is 2.30. The largest absolute Gasteiger partial charge is 0.508 e. The van der Waals surface area contributed by atoms with Crippen LogP contribution in [0.5, 0.6) is 0 Å². The van der Waals surface area contributed by atoms with Gasteiger partial charge < -0.3 is 0 Å². The summed E-state index contributed by atoms with van der Waals surface area (Å²) < 4.78 is 11.2. The molecule has 0 heterocycles. The van der Waals surface area contributed by atoms with Crippen molar-refractivity contribution in [2.45, 2.75) is 129 Å². The Balaban J connectivity index is 3.20. The fourth-order valence-corrected chi connectivity index (χ4v) is 4.16. The number of rotatable bonds is 18. The van der Waals surface area contributed by atoms with Crippen LogP contribution in [-0.2, 0) is 4.57 Å². The van der Waals surface area contributed by atoms with Crippen molar-refractivity contribution < 1.29 is 9.46 Å². The van der Waals surface area contributed by atoms with Crippen molar-refractivity contribution in [2.75, 3.05) is 0 Å². The molecule has 23 heavy (non-hydrogen) atoms. The van der Waals surface area contributed by atoms with Crippen LogP contribution in [0.3, 0.4) is 0 Å². The summed E-state index contributed by atoms with van der Waals surface area (Å²) in [6.07, 6.45) is 22.0. The maximum absolute atomic E-state index is 11.2. The van der Waals surface area contributed by atoms with Crippen LogP contribution >= 0.6 is 8.03 Å². The fourth-order valence-electron chi connectivity index (χ4n) is 3.27. The van der Waals surface area contributed by atoms with E-state index in [0.29, 0.717) is 0 Å². The van der Waals surface area contributed by atoms with Gasteiger partial charge in [-0.05, 0) is 23.8 Å². The van der Waals surface area contributed by atoms with E-state index in [0.717, 1.165) is 25.7 Å². The summed E-state index contributed by atoms with van der Waals surface area (Å²) >= 11 is 0. The van der Waals surface area contributed by atoms with Gasteiger partial charge in [0.1, 0.15) is 0 Å². The van der Waals surface area contributed by atoms with Crippen LogP contribution in [0.2, 0.25) is 0 Å². The van der Waals surface area contributed by atoms with Gasteiger partial charge in [-0.2, -0.15) is 4.89 Å². The summed E-state index contributed by atoms with van der Waals surface area (Å²) in [5.74, 6) is 0. The van der Waals surface area contributed by atoms with Gasteiger partial charge in [0.15, 0.2) is 5.66 Å². The minimum absolute atomic E-state index is 0.0485. The molecule has 0 saturated heterocycles. The Labute approximate surface area is 146 Å². The van der Waals surface area contributed by atoms with E-state index in [9.17, 15) is 9.46 Å². The van der Waals surface area contributed by atoms with Crippen molar-refractivity contribution in [1.29, 1.82) is 0 Å². The zero-order valence-electron chi connectivity index (χ0n) is 15.9. The number of hydrogen-bond donors (Lipinski definition) is 1. The van der Waals surface area contributed by atoms with Crippen LogP contribution in [0.15, 0.2) is 0 Å². The highest BCUT2D eigenvalue weighted by molar-refractivity contribution is 7.38. The second-order valence-corrected chi connectivity index (χ2v) is 8.47. The standard InChI is InChI=1S/C20H41O2P/c1-3-5-6-7-8-9-10-11-12-13-14-15-16-17-19-20(18-4-2)23(21)22/h20H,3-19H2,1-2H3/p+1. The minimum atomic E-state index is -1.96. The summed E-state index contributed by atoms with van der Waals surface area (Å²) in [5, 5.41) is 0. The number of hydrogen-bond acceptors (Lipinski definition) is 1. The molecule has 0 aliphatic rings. The minimum Gasteiger partial charge on any atom is -0.161 e. The molecule has 0 fully saturated rings. The van der Waals surface area contributed by atoms with Crippen LogP contribution < -0.4 is 0 Å². The third kappa shape index (κ3) is 16.7. The molecule has 0 spiro atoms. The molecule has 0 radical (unpaired) electrons. The van der Waals surface area contributed by atoms with E-state index >= 15 is 0 Å². The van der Waals surface area contributed by atoms with E-state index < -0.39 is 8.03 Å². The zero-order valence-corrected chi connectivity index (χ0v) is 16.8. The molecule has 0 aliphatic carbocycles. The molecule has 0 aromatic carbocycles. The lowest BCUT2D eigenvalue weighted by atomic mass is 10.0. The van der Waals surface area contributed by atoms with Crippen LogP contribution in [0.25, 0.3) is 0 Å². The van der Waals surface area contributed by atoms with Gasteiger partial charge in [-0.3, -0.25) is 0 Å². The van der Waals surface area contributed by atoms with Crippen LogP contribution in [-0.4, -0.2) is 10.6 Å². The molecule has 0 amide bonds. The van der Waals surface area contributed by atoms with E-state index in [1.807, 2.05) is 0 Å². The quantitative estimate of drug-likeness (QED) is 0.203. The van der Waals surface area contributed by atoms with Gasteiger partial charge >= 0.3 is 8.03 Å². The Bertz CT molecular complexity index is 256. The topological polar surface area (TPSA) is 37.3 Å². The van der Waals surface area contributed by atoms with Gasteiger partial charge in [0, 0.05) is 0 Å². The molecular weight excluding hydrogens is 303 g/mol. The summed E-state index contributed by atoms with van der Waals surface area (Å²) in [6, 6.07) is 0. The molecule has 0 saturated carbocycles. The van der Waals surface area contributed by atoms with Crippen LogP contribution in [0.4, 0.5) is 0 Å². The molecule has 138 valence electrons. The van der Waals surface area contributed by atoms with E-state index in [4.69, 9.17) is 0 Å². The van der Waals surface area contributed by atoms with E-state index in [1.165, 1.54) is 83.5 Å². The first kappa shape index (κ1) is 23.1. The normalized spacial score (nSPS) is 13.3. The lowest BCUT2D eigenvalue weighted by molar-refractivity contribution is 0.467. The van der Waals surface area contributed by atoms with E-state index in [1.54, 1.807) is 0 Å². The van der Waals surface area contributed by atoms with Gasteiger partial charge in [-0.1, -0.05) is 104 Å². The first-order chi connectivity index (χ1) is 11.2. The Morgan fingerprint density at radius 2 is 1.00 bits per heavy atom. The molecule has 2 atom stereocenters. The predicted octanol–water partition coefficient (Wildman–Crippen LogP) is 7.76. The molecule has 2 nitrogen and oxygen atoms in total. The predicted molar refractivity (Wildman–Crippen MR) is 103 cm³/mol. The Kier molecular flexibility index (Phi) is 18.4. The molecule has 2 unspecified atom stereocenters. The second kappa shape index (κ2) is 18.4. The monoisotopic (exact) mass is 345 g/mol. The Hall–Kier alpha value is 0.0600. The van der Waals surface area contributed by atoms with Crippen molar-refractivity contribution in [3.63, 3.8) is 0 Å². The van der Waals surface area contributed by atoms with Crippen LogP contribution in [0, 0.1) is 0 Å². The smallest absolute Gasteiger partial charge is 0.161 e. The first-order valence-corrected chi connectivity index (χ1v) is 11.7. The Morgan fingerprint density at radius 1 is 0.609 bits per heavy atom. The van der Waals surface area contributed by atoms with Gasteiger partial charge in [-0.25, -0.2) is 0 Å². The zero-order chi connectivity index (χ0) is 17.2. The third-order valence-corrected chi connectivity index (χ3v) is 5.97. The fraction of sp³-hybridized carbons (Fsp3) is 1.00. The Morgan fingerprint density at radius 3 is 1.35 bits per heavy atom. The SMILES string of the molecule is CCCCCCCCCCCCCCCCC(CCC)[P+](=O)O. The molecule has 0 aromatic heterocycles. The van der Waals surface area contributed by atoms with Gasteiger partial charge in [0.05, 0.1) is 0 Å². The van der Waals surface area contributed by atoms with Crippen molar-refractivity contribution in [2.24, 2.45) is 0 Å². The average Bonchev–Trinajstić information content (AvgIpc) is 2.54. The first-order valence-electron chi connectivity index (χ1n) is 10.4. The number of unbranched alkanes of at least 4 members (excludes halogenated alkanes) is 13. The maximum Gasteiger partial charge on any atom is 0.508 e. The van der Waals surface area contributed by atoms with Crippen molar-refractivity contribution in [3.05, 3.63) is 0 Å². The molecule has 0 rings (SSSR count).